The minimum atomic E-state index is -0.510. The van der Waals surface area contributed by atoms with E-state index in [9.17, 15) is 9.59 Å². The van der Waals surface area contributed by atoms with Gasteiger partial charge in [-0.05, 0) is 31.2 Å². The van der Waals surface area contributed by atoms with E-state index in [-0.39, 0.29) is 22.6 Å². The molecular formula is C22H19Cl2N9O2. The molecule has 0 saturated carbocycles. The molecule has 35 heavy (non-hydrogen) atoms. The van der Waals surface area contributed by atoms with Gasteiger partial charge in [-0.15, -0.1) is 10.2 Å². The van der Waals surface area contributed by atoms with E-state index < -0.39 is 5.91 Å². The molecule has 13 heteroatoms. The van der Waals surface area contributed by atoms with E-state index in [0.29, 0.717) is 32.9 Å². The third-order valence-electron chi connectivity index (χ3n) is 4.92. The van der Waals surface area contributed by atoms with Crippen molar-refractivity contribution in [1.82, 2.24) is 29.9 Å². The van der Waals surface area contributed by atoms with Crippen molar-refractivity contribution in [2.75, 3.05) is 12.4 Å². The first kappa shape index (κ1) is 23.9. The number of H-pyrrole nitrogens is 1. The fraction of sp³-hybridized carbons (Fsp3) is 0.0909. The fourth-order valence-electron chi connectivity index (χ4n) is 3.15. The summed E-state index contributed by atoms with van der Waals surface area (Å²) in [7, 11) is 1.46. The van der Waals surface area contributed by atoms with E-state index in [0.717, 1.165) is 5.69 Å². The van der Waals surface area contributed by atoms with E-state index >= 15 is 0 Å². The number of para-hydroxylation sites is 1. The standard InChI is InChI=1S/C22H19Cl2N9O2/c1-11-8-29-22(35)20-32-31-19(33(11)20)15-7-6-12(9-27-15)30-16(17(25)21(34)26-2)10-28-18-13(23)4-3-5-14(18)24/h3-10,30H,25H2,1-2H3,(H,26,34)(H,29,35)/b17-16+,28-10?. The zero-order valence-electron chi connectivity index (χ0n) is 18.5. The summed E-state index contributed by atoms with van der Waals surface area (Å²) in [5.74, 6) is -0.102. The lowest BCUT2D eigenvalue weighted by Gasteiger charge is -2.11. The van der Waals surface area contributed by atoms with Crippen molar-refractivity contribution in [3.63, 3.8) is 0 Å². The van der Waals surface area contributed by atoms with E-state index in [4.69, 9.17) is 28.9 Å². The van der Waals surface area contributed by atoms with Crippen molar-refractivity contribution < 1.29 is 4.79 Å². The second kappa shape index (κ2) is 9.95. The summed E-state index contributed by atoms with van der Waals surface area (Å²) in [6.45, 7) is 1.81. The normalized spacial score (nSPS) is 12.1. The molecule has 1 aromatic carbocycles. The maximum absolute atomic E-state index is 12.2. The van der Waals surface area contributed by atoms with Crippen LogP contribution in [0.3, 0.4) is 0 Å². The molecule has 1 amide bonds. The smallest absolute Gasteiger partial charge is 0.293 e. The van der Waals surface area contributed by atoms with Crippen molar-refractivity contribution in [2.24, 2.45) is 10.7 Å². The number of aromatic amines is 1. The van der Waals surface area contributed by atoms with Crippen LogP contribution in [0, 0.1) is 6.92 Å². The summed E-state index contributed by atoms with van der Waals surface area (Å²) in [6.07, 6.45) is 4.45. The maximum atomic E-state index is 12.2. The van der Waals surface area contributed by atoms with Gasteiger partial charge in [-0.2, -0.15) is 0 Å². The van der Waals surface area contributed by atoms with Crippen LogP contribution in [-0.2, 0) is 4.79 Å². The molecule has 11 nitrogen and oxygen atoms in total. The highest BCUT2D eigenvalue weighted by Gasteiger charge is 2.15. The van der Waals surface area contributed by atoms with Gasteiger partial charge in [0.05, 0.1) is 33.8 Å². The number of carbonyl (C=O) groups is 1. The first-order valence-corrected chi connectivity index (χ1v) is 10.9. The van der Waals surface area contributed by atoms with Gasteiger partial charge < -0.3 is 21.4 Å². The van der Waals surface area contributed by atoms with Crippen LogP contribution in [0.4, 0.5) is 11.4 Å². The van der Waals surface area contributed by atoms with Gasteiger partial charge in [0.1, 0.15) is 17.1 Å². The van der Waals surface area contributed by atoms with Crippen LogP contribution in [0.2, 0.25) is 10.0 Å². The summed E-state index contributed by atoms with van der Waals surface area (Å²) in [5.41, 5.74) is 8.00. The Morgan fingerprint density at radius 3 is 2.60 bits per heavy atom. The Bertz CT molecular complexity index is 1520. The molecule has 5 N–H and O–H groups in total. The molecule has 0 aliphatic carbocycles. The van der Waals surface area contributed by atoms with Crippen molar-refractivity contribution >= 4 is 52.3 Å². The Balaban J connectivity index is 1.67. The molecule has 0 saturated heterocycles. The highest BCUT2D eigenvalue weighted by Crippen LogP contribution is 2.32. The lowest BCUT2D eigenvalue weighted by Crippen LogP contribution is -2.28. The van der Waals surface area contributed by atoms with Crippen LogP contribution in [0.1, 0.15) is 5.69 Å². The summed E-state index contributed by atoms with van der Waals surface area (Å²) < 4.78 is 1.61. The van der Waals surface area contributed by atoms with Gasteiger partial charge in [-0.3, -0.25) is 24.0 Å². The molecule has 0 spiro atoms. The van der Waals surface area contributed by atoms with Gasteiger partial charge in [0, 0.05) is 18.9 Å². The predicted molar refractivity (Wildman–Crippen MR) is 135 cm³/mol. The molecule has 178 valence electrons. The number of carbonyl (C=O) groups excluding carboxylic acids is 1. The number of amides is 1. The SMILES string of the molecule is CNC(=O)/C(N)=C(/C=Nc1c(Cl)cccc1Cl)Nc1ccc(-c2nnc3c(=O)[nH]cc(C)n23)nc1. The second-order valence-electron chi connectivity index (χ2n) is 7.23. The number of nitrogens with two attached hydrogens (primary N) is 1. The number of allylic oxidation sites excluding steroid dienone is 1. The largest absolute Gasteiger partial charge is 0.393 e. The Labute approximate surface area is 208 Å². The van der Waals surface area contributed by atoms with E-state index in [1.54, 1.807) is 40.9 Å². The maximum Gasteiger partial charge on any atom is 0.293 e. The van der Waals surface area contributed by atoms with Crippen molar-refractivity contribution in [3.05, 3.63) is 80.2 Å². The summed E-state index contributed by atoms with van der Waals surface area (Å²) in [6, 6.07) is 8.38. The molecule has 4 aromatic rings. The Kier molecular flexibility index (Phi) is 6.80. The molecule has 0 unspecified atom stereocenters. The van der Waals surface area contributed by atoms with Crippen LogP contribution >= 0.6 is 23.2 Å². The number of halogens is 2. The van der Waals surface area contributed by atoms with E-state index in [2.05, 4.69) is 35.8 Å². The number of aliphatic imine (C=N–C) groups is 1. The predicted octanol–water partition coefficient (Wildman–Crippen LogP) is 2.83. The number of benzene rings is 1. The Morgan fingerprint density at radius 2 is 1.94 bits per heavy atom. The summed E-state index contributed by atoms with van der Waals surface area (Å²) >= 11 is 12.4. The van der Waals surface area contributed by atoms with Crippen molar-refractivity contribution in [1.29, 1.82) is 0 Å². The number of anilines is 1. The van der Waals surface area contributed by atoms with Crippen LogP contribution in [0.5, 0.6) is 0 Å². The number of hydrogen-bond acceptors (Lipinski definition) is 8. The zero-order chi connectivity index (χ0) is 25.1. The topological polar surface area (TPSA) is 155 Å². The third kappa shape index (κ3) is 4.86. The molecule has 0 radical (unpaired) electrons. The number of rotatable bonds is 6. The lowest BCUT2D eigenvalue weighted by atomic mass is 10.2. The Morgan fingerprint density at radius 1 is 1.20 bits per heavy atom. The lowest BCUT2D eigenvalue weighted by molar-refractivity contribution is -0.117. The summed E-state index contributed by atoms with van der Waals surface area (Å²) in [5, 5.41) is 14.2. The molecule has 0 aliphatic heterocycles. The van der Waals surface area contributed by atoms with Gasteiger partial charge >= 0.3 is 0 Å². The minimum absolute atomic E-state index is 0.109. The first-order chi connectivity index (χ1) is 16.8. The number of hydrogen-bond donors (Lipinski definition) is 4. The van der Waals surface area contributed by atoms with Gasteiger partial charge in [-0.25, -0.2) is 0 Å². The van der Waals surface area contributed by atoms with Gasteiger partial charge in [-0.1, -0.05) is 29.3 Å². The number of nitrogens with zero attached hydrogens (tertiary/aromatic N) is 5. The highest BCUT2D eigenvalue weighted by molar-refractivity contribution is 6.38. The molecule has 4 rings (SSSR count). The molecule has 0 fully saturated rings. The average molecular weight is 512 g/mol. The first-order valence-electron chi connectivity index (χ1n) is 10.2. The average Bonchev–Trinajstić information content (AvgIpc) is 3.31. The van der Waals surface area contributed by atoms with E-state index in [1.165, 1.54) is 19.5 Å². The number of nitrogens with one attached hydrogen (secondary N) is 3. The number of fused-ring (bicyclic) bond motifs is 1. The van der Waals surface area contributed by atoms with Gasteiger partial charge in [0.25, 0.3) is 11.5 Å². The van der Waals surface area contributed by atoms with Crippen LogP contribution in [-0.4, -0.2) is 43.7 Å². The quantitative estimate of drug-likeness (QED) is 0.229. The van der Waals surface area contributed by atoms with Crippen LogP contribution < -0.4 is 21.9 Å². The summed E-state index contributed by atoms with van der Waals surface area (Å²) in [4.78, 5) is 35.5. The van der Waals surface area contributed by atoms with E-state index in [1.807, 2.05) is 6.92 Å². The van der Waals surface area contributed by atoms with Gasteiger partial charge in [0.2, 0.25) is 5.65 Å². The molecule has 3 aromatic heterocycles. The van der Waals surface area contributed by atoms with Crippen molar-refractivity contribution in [2.45, 2.75) is 6.92 Å². The zero-order valence-corrected chi connectivity index (χ0v) is 20.0. The van der Waals surface area contributed by atoms with Gasteiger partial charge in [0.15, 0.2) is 5.82 Å². The highest BCUT2D eigenvalue weighted by atomic mass is 35.5. The Hall–Kier alpha value is -4.22. The fourth-order valence-corrected chi connectivity index (χ4v) is 3.65. The minimum Gasteiger partial charge on any atom is -0.393 e. The molecule has 0 aliphatic rings. The monoisotopic (exact) mass is 511 g/mol. The molecular weight excluding hydrogens is 493 g/mol. The number of likely N-dealkylation sites (N-methyl/N-ethyl adjacent to an activating group) is 1. The second-order valence-corrected chi connectivity index (χ2v) is 8.05. The molecule has 0 atom stereocenters. The van der Waals surface area contributed by atoms with Crippen LogP contribution in [0.25, 0.3) is 17.2 Å². The molecule has 3 heterocycles. The molecule has 0 bridgehead atoms. The van der Waals surface area contributed by atoms with Crippen molar-refractivity contribution in [3.8, 4) is 11.5 Å². The number of pyridine rings is 1. The third-order valence-corrected chi connectivity index (χ3v) is 5.53. The van der Waals surface area contributed by atoms with Crippen LogP contribution in [0.15, 0.2) is 63.9 Å². The number of aryl methyl sites for hydroxylation is 1. The number of aromatic nitrogens is 5.